The van der Waals surface area contributed by atoms with Gasteiger partial charge in [0.15, 0.2) is 0 Å². The van der Waals surface area contributed by atoms with Crippen LogP contribution in [0.1, 0.15) is 37.8 Å². The monoisotopic (exact) mass is 277 g/mol. The Labute approximate surface area is 119 Å². The van der Waals surface area contributed by atoms with Crippen LogP contribution in [0.3, 0.4) is 0 Å². The molecule has 0 aliphatic heterocycles. The summed E-state index contributed by atoms with van der Waals surface area (Å²) in [7, 11) is 1.83. The molecule has 5 heteroatoms. The summed E-state index contributed by atoms with van der Waals surface area (Å²) in [5.41, 5.74) is 0.767. The molecule has 5 nitrogen and oxygen atoms in total. The van der Waals surface area contributed by atoms with Gasteiger partial charge in [0.05, 0.1) is 12.3 Å². The molecule has 1 amide bonds. The minimum absolute atomic E-state index is 0.117. The minimum atomic E-state index is -0.121. The molecular formula is C15H23N3O2. The Balaban J connectivity index is 1.85. The molecule has 1 heterocycles. The van der Waals surface area contributed by atoms with Gasteiger partial charge in [-0.3, -0.25) is 9.48 Å². The van der Waals surface area contributed by atoms with E-state index in [9.17, 15) is 9.90 Å². The van der Waals surface area contributed by atoms with Crippen LogP contribution < -0.4 is 5.32 Å². The van der Waals surface area contributed by atoms with E-state index in [1.807, 2.05) is 13.1 Å². The summed E-state index contributed by atoms with van der Waals surface area (Å²) < 4.78 is 1.71. The number of amides is 1. The molecule has 1 aromatic rings. The Morgan fingerprint density at radius 2 is 2.25 bits per heavy atom. The van der Waals surface area contributed by atoms with Gasteiger partial charge in [-0.1, -0.05) is 19.3 Å². The maximum atomic E-state index is 11.8. The second-order valence-corrected chi connectivity index (χ2v) is 5.65. The third kappa shape index (κ3) is 3.70. The van der Waals surface area contributed by atoms with Crippen molar-refractivity contribution in [2.24, 2.45) is 12.5 Å². The van der Waals surface area contributed by atoms with Crippen molar-refractivity contribution in [3.05, 3.63) is 24.0 Å². The molecule has 0 spiro atoms. The van der Waals surface area contributed by atoms with Gasteiger partial charge in [0, 0.05) is 31.3 Å². The maximum Gasteiger partial charge on any atom is 0.244 e. The van der Waals surface area contributed by atoms with Gasteiger partial charge in [-0.05, 0) is 25.0 Å². The predicted molar refractivity (Wildman–Crippen MR) is 77.9 cm³/mol. The van der Waals surface area contributed by atoms with Gasteiger partial charge in [0.25, 0.3) is 0 Å². The molecule has 0 atom stereocenters. The van der Waals surface area contributed by atoms with Gasteiger partial charge >= 0.3 is 0 Å². The number of aliphatic hydroxyl groups is 1. The first-order valence-corrected chi connectivity index (χ1v) is 7.20. The standard InChI is InChI=1S/C15H23N3O2/c1-18-13(7-10-17-18)5-6-14(20)16-11-15(12-19)8-3-2-4-9-15/h5-7,10,19H,2-4,8-9,11-12H2,1H3,(H,16,20)/b6-5+. The van der Waals surface area contributed by atoms with Crippen LogP contribution in [0.25, 0.3) is 6.08 Å². The second-order valence-electron chi connectivity index (χ2n) is 5.65. The highest BCUT2D eigenvalue weighted by Gasteiger charge is 2.31. The van der Waals surface area contributed by atoms with Crippen LogP contribution in [-0.2, 0) is 11.8 Å². The SMILES string of the molecule is Cn1nccc1/C=C/C(=O)NCC1(CO)CCCCC1. The highest BCUT2D eigenvalue weighted by Crippen LogP contribution is 2.35. The second kappa shape index (κ2) is 6.70. The van der Waals surface area contributed by atoms with E-state index in [0.29, 0.717) is 6.54 Å². The van der Waals surface area contributed by atoms with Crippen molar-refractivity contribution in [1.29, 1.82) is 0 Å². The molecule has 1 aliphatic carbocycles. The van der Waals surface area contributed by atoms with Crippen molar-refractivity contribution < 1.29 is 9.90 Å². The summed E-state index contributed by atoms with van der Waals surface area (Å²) in [6.45, 7) is 0.705. The number of carbonyl (C=O) groups excluding carboxylic acids is 1. The molecule has 1 aromatic heterocycles. The number of aliphatic hydroxyl groups excluding tert-OH is 1. The molecule has 0 unspecified atom stereocenters. The zero-order valence-corrected chi connectivity index (χ0v) is 12.0. The lowest BCUT2D eigenvalue weighted by Crippen LogP contribution is -2.40. The lowest BCUT2D eigenvalue weighted by atomic mass is 9.74. The molecule has 0 bridgehead atoms. The minimum Gasteiger partial charge on any atom is -0.396 e. The zero-order valence-electron chi connectivity index (χ0n) is 12.0. The van der Waals surface area contributed by atoms with Crippen molar-refractivity contribution >= 4 is 12.0 Å². The van der Waals surface area contributed by atoms with Crippen LogP contribution in [0.2, 0.25) is 0 Å². The average Bonchev–Trinajstić information content (AvgIpc) is 2.89. The van der Waals surface area contributed by atoms with Crippen molar-refractivity contribution in [2.75, 3.05) is 13.2 Å². The Hall–Kier alpha value is -1.62. The molecule has 2 rings (SSSR count). The highest BCUT2D eigenvalue weighted by atomic mass is 16.3. The van der Waals surface area contributed by atoms with E-state index in [2.05, 4.69) is 10.4 Å². The van der Waals surface area contributed by atoms with Gasteiger partial charge in [-0.2, -0.15) is 5.10 Å². The average molecular weight is 277 g/mol. The molecule has 1 saturated carbocycles. The van der Waals surface area contributed by atoms with E-state index in [4.69, 9.17) is 0 Å². The van der Waals surface area contributed by atoms with Crippen LogP contribution in [-0.4, -0.2) is 33.9 Å². The summed E-state index contributed by atoms with van der Waals surface area (Å²) in [5, 5.41) is 16.5. The molecule has 2 N–H and O–H groups in total. The largest absolute Gasteiger partial charge is 0.396 e. The number of nitrogens with zero attached hydrogens (tertiary/aromatic N) is 2. The number of rotatable bonds is 5. The van der Waals surface area contributed by atoms with E-state index < -0.39 is 0 Å². The third-order valence-corrected chi connectivity index (χ3v) is 4.15. The first-order chi connectivity index (χ1) is 9.65. The molecule has 1 fully saturated rings. The summed E-state index contributed by atoms with van der Waals surface area (Å²) in [6.07, 6.45) is 10.5. The van der Waals surface area contributed by atoms with Crippen LogP contribution >= 0.6 is 0 Å². The highest BCUT2D eigenvalue weighted by molar-refractivity contribution is 5.91. The molecule has 0 radical (unpaired) electrons. The molecule has 0 saturated heterocycles. The predicted octanol–water partition coefficient (Wildman–Crippen LogP) is 1.49. The molecule has 20 heavy (non-hydrogen) atoms. The summed E-state index contributed by atoms with van der Waals surface area (Å²) >= 11 is 0. The fraction of sp³-hybridized carbons (Fsp3) is 0.600. The smallest absolute Gasteiger partial charge is 0.244 e. The Morgan fingerprint density at radius 1 is 1.50 bits per heavy atom. The van der Waals surface area contributed by atoms with Gasteiger partial charge in [0.1, 0.15) is 0 Å². The topological polar surface area (TPSA) is 67.2 Å². The van der Waals surface area contributed by atoms with Crippen LogP contribution in [0.15, 0.2) is 18.3 Å². The molecule has 1 aliphatic rings. The lowest BCUT2D eigenvalue weighted by Gasteiger charge is -2.35. The van der Waals surface area contributed by atoms with E-state index in [1.54, 1.807) is 17.0 Å². The number of nitrogens with one attached hydrogen (secondary N) is 1. The van der Waals surface area contributed by atoms with Crippen LogP contribution in [0, 0.1) is 5.41 Å². The van der Waals surface area contributed by atoms with Crippen LogP contribution in [0.5, 0.6) is 0 Å². The van der Waals surface area contributed by atoms with Gasteiger partial charge in [-0.25, -0.2) is 0 Å². The number of hydrogen-bond acceptors (Lipinski definition) is 3. The van der Waals surface area contributed by atoms with Crippen LogP contribution in [0.4, 0.5) is 0 Å². The van der Waals surface area contributed by atoms with E-state index in [0.717, 1.165) is 31.4 Å². The van der Waals surface area contributed by atoms with Crippen molar-refractivity contribution in [1.82, 2.24) is 15.1 Å². The van der Waals surface area contributed by atoms with Gasteiger partial charge in [-0.15, -0.1) is 0 Å². The van der Waals surface area contributed by atoms with E-state index >= 15 is 0 Å². The van der Waals surface area contributed by atoms with Crippen molar-refractivity contribution in [3.8, 4) is 0 Å². The van der Waals surface area contributed by atoms with Crippen molar-refractivity contribution in [2.45, 2.75) is 32.1 Å². The Morgan fingerprint density at radius 3 is 2.85 bits per heavy atom. The number of aromatic nitrogens is 2. The molecule has 0 aromatic carbocycles. The normalized spacial score (nSPS) is 18.3. The van der Waals surface area contributed by atoms with E-state index in [-0.39, 0.29) is 17.9 Å². The number of aryl methyl sites for hydroxylation is 1. The third-order valence-electron chi connectivity index (χ3n) is 4.15. The fourth-order valence-corrected chi connectivity index (χ4v) is 2.73. The van der Waals surface area contributed by atoms with Crippen molar-refractivity contribution in [3.63, 3.8) is 0 Å². The number of hydrogen-bond donors (Lipinski definition) is 2. The van der Waals surface area contributed by atoms with E-state index in [1.165, 1.54) is 12.5 Å². The summed E-state index contributed by atoms with van der Waals surface area (Å²) in [4.78, 5) is 11.8. The lowest BCUT2D eigenvalue weighted by molar-refractivity contribution is -0.117. The van der Waals surface area contributed by atoms with Gasteiger partial charge < -0.3 is 10.4 Å². The Kier molecular flexibility index (Phi) is 4.95. The zero-order chi connectivity index (χ0) is 14.4. The maximum absolute atomic E-state index is 11.8. The number of carbonyl (C=O) groups is 1. The summed E-state index contributed by atoms with van der Waals surface area (Å²) in [6, 6.07) is 1.85. The first-order valence-electron chi connectivity index (χ1n) is 7.20. The molecular weight excluding hydrogens is 254 g/mol. The quantitative estimate of drug-likeness (QED) is 0.801. The first kappa shape index (κ1) is 14.8. The summed E-state index contributed by atoms with van der Waals surface area (Å²) in [5.74, 6) is -0.121. The molecule has 110 valence electrons. The fourth-order valence-electron chi connectivity index (χ4n) is 2.73. The van der Waals surface area contributed by atoms with Gasteiger partial charge in [0.2, 0.25) is 5.91 Å². The Bertz CT molecular complexity index is 473.